The number of aryl methyl sites for hydroxylation is 1. The Labute approximate surface area is 123 Å². The van der Waals surface area contributed by atoms with Gasteiger partial charge in [-0.1, -0.05) is 56.9 Å². The van der Waals surface area contributed by atoms with E-state index < -0.39 is 0 Å². The number of nitrogens with two attached hydrogens (primary N) is 1. The van der Waals surface area contributed by atoms with E-state index in [0.717, 1.165) is 6.42 Å². The van der Waals surface area contributed by atoms with Crippen LogP contribution in [0.15, 0.2) is 24.3 Å². The van der Waals surface area contributed by atoms with Crippen LogP contribution in [0, 0.1) is 6.92 Å². The van der Waals surface area contributed by atoms with Crippen LogP contribution < -0.4 is 5.73 Å². The Morgan fingerprint density at radius 1 is 1.15 bits per heavy atom. The molecule has 1 aliphatic carbocycles. The quantitative estimate of drug-likeness (QED) is 0.802. The molecule has 1 aromatic rings. The molecular formula is C18H29NO. The van der Waals surface area contributed by atoms with E-state index in [-0.39, 0.29) is 12.1 Å². The van der Waals surface area contributed by atoms with Gasteiger partial charge in [0.1, 0.15) is 0 Å². The standard InChI is InChI=1S/C18H29NO/c1-3-17(19)18(16-13-9-8-10-14(16)2)20-15-11-6-4-5-7-12-15/h8-10,13,15,17-18H,3-7,11-12,19H2,1-2H3. The first kappa shape index (κ1) is 15.5. The molecule has 0 aliphatic heterocycles. The summed E-state index contributed by atoms with van der Waals surface area (Å²) in [6.45, 7) is 4.30. The lowest BCUT2D eigenvalue weighted by Crippen LogP contribution is -2.32. The highest BCUT2D eigenvalue weighted by molar-refractivity contribution is 5.28. The van der Waals surface area contributed by atoms with Crippen LogP contribution in [0.2, 0.25) is 0 Å². The molecule has 1 fully saturated rings. The molecule has 0 amide bonds. The Balaban J connectivity index is 2.13. The fourth-order valence-corrected chi connectivity index (χ4v) is 3.11. The molecule has 1 aromatic carbocycles. The molecule has 0 heterocycles. The van der Waals surface area contributed by atoms with Crippen molar-refractivity contribution < 1.29 is 4.74 Å². The van der Waals surface area contributed by atoms with Crippen molar-refractivity contribution in [2.45, 2.75) is 77.0 Å². The largest absolute Gasteiger partial charge is 0.369 e. The van der Waals surface area contributed by atoms with Gasteiger partial charge in [-0.05, 0) is 37.3 Å². The van der Waals surface area contributed by atoms with Gasteiger partial charge in [0.2, 0.25) is 0 Å². The summed E-state index contributed by atoms with van der Waals surface area (Å²) in [5, 5.41) is 0. The van der Waals surface area contributed by atoms with E-state index in [1.165, 1.54) is 49.7 Å². The van der Waals surface area contributed by atoms with Crippen molar-refractivity contribution in [2.75, 3.05) is 0 Å². The fraction of sp³-hybridized carbons (Fsp3) is 0.667. The van der Waals surface area contributed by atoms with E-state index in [9.17, 15) is 0 Å². The maximum Gasteiger partial charge on any atom is 0.0981 e. The zero-order valence-corrected chi connectivity index (χ0v) is 13.0. The average molecular weight is 275 g/mol. The summed E-state index contributed by atoms with van der Waals surface area (Å²) in [4.78, 5) is 0. The first-order valence-corrected chi connectivity index (χ1v) is 8.19. The lowest BCUT2D eigenvalue weighted by Gasteiger charge is -2.29. The minimum atomic E-state index is 0.0456. The monoisotopic (exact) mass is 275 g/mol. The first-order valence-electron chi connectivity index (χ1n) is 8.19. The molecule has 20 heavy (non-hydrogen) atoms. The van der Waals surface area contributed by atoms with Crippen molar-refractivity contribution in [2.24, 2.45) is 5.73 Å². The Kier molecular flexibility index (Phi) is 6.06. The molecule has 2 rings (SSSR count). The molecule has 0 saturated heterocycles. The van der Waals surface area contributed by atoms with E-state index >= 15 is 0 Å². The summed E-state index contributed by atoms with van der Waals surface area (Å²) in [5.74, 6) is 0. The molecule has 0 radical (unpaired) electrons. The van der Waals surface area contributed by atoms with Crippen LogP contribution >= 0.6 is 0 Å². The molecule has 2 heteroatoms. The number of hydrogen-bond donors (Lipinski definition) is 1. The van der Waals surface area contributed by atoms with Gasteiger partial charge in [0.05, 0.1) is 12.2 Å². The Morgan fingerprint density at radius 3 is 2.40 bits per heavy atom. The molecule has 1 saturated carbocycles. The van der Waals surface area contributed by atoms with Gasteiger partial charge in [0, 0.05) is 6.04 Å². The third-order valence-electron chi connectivity index (χ3n) is 4.50. The molecule has 1 aliphatic rings. The number of hydrogen-bond acceptors (Lipinski definition) is 2. The smallest absolute Gasteiger partial charge is 0.0981 e. The molecule has 2 N–H and O–H groups in total. The second kappa shape index (κ2) is 7.80. The minimum Gasteiger partial charge on any atom is -0.369 e. The zero-order chi connectivity index (χ0) is 14.4. The van der Waals surface area contributed by atoms with Crippen LogP contribution in [-0.4, -0.2) is 12.1 Å². The van der Waals surface area contributed by atoms with E-state index in [1.54, 1.807) is 0 Å². The van der Waals surface area contributed by atoms with Crippen LogP contribution in [0.4, 0.5) is 0 Å². The van der Waals surface area contributed by atoms with Gasteiger partial charge in [-0.15, -0.1) is 0 Å². The van der Waals surface area contributed by atoms with E-state index in [0.29, 0.717) is 6.10 Å². The molecule has 2 atom stereocenters. The molecule has 0 aromatic heterocycles. The highest BCUT2D eigenvalue weighted by Gasteiger charge is 2.25. The second-order valence-corrected chi connectivity index (χ2v) is 6.10. The second-order valence-electron chi connectivity index (χ2n) is 6.10. The number of ether oxygens (including phenoxy) is 1. The average Bonchev–Trinajstić information content (AvgIpc) is 2.73. The van der Waals surface area contributed by atoms with Gasteiger partial charge >= 0.3 is 0 Å². The van der Waals surface area contributed by atoms with Crippen LogP contribution in [0.1, 0.15) is 69.1 Å². The van der Waals surface area contributed by atoms with Crippen molar-refractivity contribution in [3.05, 3.63) is 35.4 Å². The molecule has 0 spiro atoms. The summed E-state index contributed by atoms with van der Waals surface area (Å²) in [6.07, 6.45) is 9.08. The van der Waals surface area contributed by atoms with Crippen molar-refractivity contribution >= 4 is 0 Å². The van der Waals surface area contributed by atoms with Crippen LogP contribution in [0.25, 0.3) is 0 Å². The summed E-state index contributed by atoms with van der Waals surface area (Å²) in [6, 6.07) is 8.58. The van der Waals surface area contributed by atoms with Gasteiger partial charge in [0.25, 0.3) is 0 Å². The predicted molar refractivity (Wildman–Crippen MR) is 84.8 cm³/mol. The van der Waals surface area contributed by atoms with Gasteiger partial charge in [0.15, 0.2) is 0 Å². The highest BCUT2D eigenvalue weighted by atomic mass is 16.5. The SMILES string of the molecule is CCC(N)C(OC1CCCCCC1)c1ccccc1C. The van der Waals surface area contributed by atoms with Crippen molar-refractivity contribution in [3.63, 3.8) is 0 Å². The molecule has 0 bridgehead atoms. The van der Waals surface area contributed by atoms with E-state index in [4.69, 9.17) is 10.5 Å². The summed E-state index contributed by atoms with van der Waals surface area (Å²) < 4.78 is 6.47. The molecule has 112 valence electrons. The van der Waals surface area contributed by atoms with Crippen molar-refractivity contribution in [1.29, 1.82) is 0 Å². The highest BCUT2D eigenvalue weighted by Crippen LogP contribution is 2.30. The Morgan fingerprint density at radius 2 is 1.80 bits per heavy atom. The van der Waals surface area contributed by atoms with E-state index in [2.05, 4.69) is 38.1 Å². The minimum absolute atomic E-state index is 0.0456. The van der Waals surface area contributed by atoms with Gasteiger partial charge in [-0.3, -0.25) is 0 Å². The Hall–Kier alpha value is -0.860. The third kappa shape index (κ3) is 4.07. The maximum atomic E-state index is 6.47. The summed E-state index contributed by atoms with van der Waals surface area (Å²) in [7, 11) is 0. The van der Waals surface area contributed by atoms with Crippen LogP contribution in [-0.2, 0) is 4.74 Å². The van der Waals surface area contributed by atoms with Crippen molar-refractivity contribution in [3.8, 4) is 0 Å². The maximum absolute atomic E-state index is 6.47. The molecule has 2 unspecified atom stereocenters. The predicted octanol–water partition coefficient (Wildman–Crippen LogP) is 4.51. The third-order valence-corrected chi connectivity index (χ3v) is 4.50. The van der Waals surface area contributed by atoms with Crippen LogP contribution in [0.3, 0.4) is 0 Å². The van der Waals surface area contributed by atoms with Crippen LogP contribution in [0.5, 0.6) is 0 Å². The van der Waals surface area contributed by atoms with Crippen molar-refractivity contribution in [1.82, 2.24) is 0 Å². The lowest BCUT2D eigenvalue weighted by molar-refractivity contribution is -0.0344. The molecule has 2 nitrogen and oxygen atoms in total. The lowest BCUT2D eigenvalue weighted by atomic mass is 9.96. The fourth-order valence-electron chi connectivity index (χ4n) is 3.11. The summed E-state index contributed by atoms with van der Waals surface area (Å²) >= 11 is 0. The van der Waals surface area contributed by atoms with E-state index in [1.807, 2.05) is 0 Å². The number of benzene rings is 1. The zero-order valence-electron chi connectivity index (χ0n) is 13.0. The normalized spacial score (nSPS) is 20.4. The number of rotatable bonds is 5. The Bertz CT molecular complexity index is 396. The topological polar surface area (TPSA) is 35.2 Å². The first-order chi connectivity index (χ1) is 9.72. The summed E-state index contributed by atoms with van der Waals surface area (Å²) in [5.41, 5.74) is 8.91. The van der Waals surface area contributed by atoms with Gasteiger partial charge in [-0.2, -0.15) is 0 Å². The van der Waals surface area contributed by atoms with Gasteiger partial charge in [-0.25, -0.2) is 0 Å². The molecular weight excluding hydrogens is 246 g/mol. The van der Waals surface area contributed by atoms with Gasteiger partial charge < -0.3 is 10.5 Å².